The molecule has 1 aromatic rings. The summed E-state index contributed by atoms with van der Waals surface area (Å²) in [5, 5.41) is 3.83. The zero-order chi connectivity index (χ0) is 16.8. The van der Waals surface area contributed by atoms with Gasteiger partial charge in [-0.1, -0.05) is 51.0 Å². The van der Waals surface area contributed by atoms with Crippen LogP contribution < -0.4 is 16.2 Å². The number of benzene rings is 1. The normalized spacial score (nSPS) is 23.9. The number of amides is 1. The topological polar surface area (TPSA) is 53.2 Å². The molecule has 1 fully saturated rings. The molecular weight excluding hydrogens is 306 g/mol. The summed E-state index contributed by atoms with van der Waals surface area (Å²) in [6, 6.07) is 8.28. The van der Waals surface area contributed by atoms with E-state index in [4.69, 9.17) is 12.2 Å². The Bertz CT molecular complexity index is 561. The number of aryl methyl sites for hydroxylation is 1. The molecular formula is C18H27N3OS. The lowest BCUT2D eigenvalue weighted by Gasteiger charge is -2.35. The predicted octanol–water partition coefficient (Wildman–Crippen LogP) is 2.86. The Balaban J connectivity index is 1.76. The van der Waals surface area contributed by atoms with Gasteiger partial charge in [0.25, 0.3) is 0 Å². The highest BCUT2D eigenvalue weighted by Gasteiger charge is 2.27. The second-order valence-electron chi connectivity index (χ2n) is 6.62. The van der Waals surface area contributed by atoms with Crippen LogP contribution in [0.15, 0.2) is 24.3 Å². The van der Waals surface area contributed by atoms with Crippen molar-refractivity contribution in [2.75, 3.05) is 0 Å². The van der Waals surface area contributed by atoms with Crippen molar-refractivity contribution in [1.82, 2.24) is 16.2 Å². The summed E-state index contributed by atoms with van der Waals surface area (Å²) in [6.07, 6.45) is 3.99. The fourth-order valence-electron chi connectivity index (χ4n) is 3.14. The van der Waals surface area contributed by atoms with Crippen molar-refractivity contribution in [1.29, 1.82) is 0 Å². The van der Waals surface area contributed by atoms with Gasteiger partial charge in [-0.15, -0.1) is 0 Å². The summed E-state index contributed by atoms with van der Waals surface area (Å²) < 4.78 is 0. The molecule has 0 aliphatic heterocycles. The van der Waals surface area contributed by atoms with Crippen LogP contribution in [0.2, 0.25) is 0 Å². The van der Waals surface area contributed by atoms with Gasteiger partial charge in [0.15, 0.2) is 5.11 Å². The van der Waals surface area contributed by atoms with E-state index >= 15 is 0 Å². The first-order valence-electron chi connectivity index (χ1n) is 8.37. The minimum absolute atomic E-state index is 0.0893. The quantitative estimate of drug-likeness (QED) is 0.588. The van der Waals surface area contributed by atoms with Crippen LogP contribution >= 0.6 is 12.2 Å². The van der Waals surface area contributed by atoms with E-state index in [2.05, 4.69) is 30.0 Å². The van der Waals surface area contributed by atoms with E-state index in [0.717, 1.165) is 17.5 Å². The molecule has 126 valence electrons. The van der Waals surface area contributed by atoms with E-state index in [1.54, 1.807) is 0 Å². The van der Waals surface area contributed by atoms with E-state index in [0.29, 0.717) is 29.4 Å². The minimum Gasteiger partial charge on any atom is -0.358 e. The van der Waals surface area contributed by atoms with Gasteiger partial charge in [-0.05, 0) is 48.5 Å². The summed E-state index contributed by atoms with van der Waals surface area (Å²) in [7, 11) is 0. The lowest BCUT2D eigenvalue weighted by Crippen LogP contribution is -2.52. The maximum absolute atomic E-state index is 12.0. The summed E-state index contributed by atoms with van der Waals surface area (Å²) in [4.78, 5) is 12.0. The molecule has 5 heteroatoms. The van der Waals surface area contributed by atoms with Crippen LogP contribution in [0, 0.1) is 18.8 Å². The van der Waals surface area contributed by atoms with Crippen LogP contribution in [-0.4, -0.2) is 17.1 Å². The number of hydrogen-bond donors (Lipinski definition) is 3. The second kappa shape index (κ2) is 8.29. The van der Waals surface area contributed by atoms with Crippen molar-refractivity contribution in [3.63, 3.8) is 0 Å². The highest BCUT2D eigenvalue weighted by Crippen LogP contribution is 2.29. The maximum atomic E-state index is 12.0. The summed E-state index contributed by atoms with van der Waals surface area (Å²) >= 11 is 5.30. The first-order chi connectivity index (χ1) is 11.0. The van der Waals surface area contributed by atoms with Gasteiger partial charge in [-0.2, -0.15) is 0 Å². The molecule has 3 N–H and O–H groups in total. The van der Waals surface area contributed by atoms with Gasteiger partial charge in [-0.25, -0.2) is 0 Å². The van der Waals surface area contributed by atoms with Gasteiger partial charge >= 0.3 is 0 Å². The highest BCUT2D eigenvalue weighted by molar-refractivity contribution is 7.80. The molecule has 0 spiro atoms. The molecule has 1 aliphatic rings. The largest absolute Gasteiger partial charge is 0.358 e. The third kappa shape index (κ3) is 5.20. The number of rotatable bonds is 3. The third-order valence-corrected chi connectivity index (χ3v) is 5.17. The van der Waals surface area contributed by atoms with Crippen molar-refractivity contribution in [3.05, 3.63) is 35.4 Å². The Morgan fingerprint density at radius 3 is 2.70 bits per heavy atom. The van der Waals surface area contributed by atoms with E-state index in [1.807, 2.05) is 31.2 Å². The van der Waals surface area contributed by atoms with Gasteiger partial charge in [0.05, 0.1) is 6.42 Å². The Morgan fingerprint density at radius 2 is 1.96 bits per heavy atom. The number of hydrogen-bond acceptors (Lipinski definition) is 2. The van der Waals surface area contributed by atoms with Crippen molar-refractivity contribution in [3.8, 4) is 0 Å². The zero-order valence-electron chi connectivity index (χ0n) is 14.2. The number of nitrogens with one attached hydrogen (secondary N) is 3. The van der Waals surface area contributed by atoms with Crippen molar-refractivity contribution >= 4 is 23.2 Å². The third-order valence-electron chi connectivity index (χ3n) is 4.95. The monoisotopic (exact) mass is 333 g/mol. The van der Waals surface area contributed by atoms with E-state index in [9.17, 15) is 4.79 Å². The molecule has 1 aromatic carbocycles. The SMILES string of the molecule is Cc1ccccc1CC(=O)NNC(=S)N[C@@H]1CCC[C@@H](C)[C@@H]1C. The van der Waals surface area contributed by atoms with Gasteiger partial charge in [0.1, 0.15) is 0 Å². The standard InChI is InChI=1S/C18H27N3OS/c1-12-8-6-10-16(14(12)3)19-18(23)21-20-17(22)11-15-9-5-4-7-13(15)2/h4-5,7,9,12,14,16H,6,8,10-11H2,1-3H3,(H,20,22)(H2,19,21,23)/t12-,14+,16-/m1/s1. The Kier molecular flexibility index (Phi) is 6.39. The van der Waals surface area contributed by atoms with E-state index < -0.39 is 0 Å². The molecule has 1 saturated carbocycles. The zero-order valence-corrected chi connectivity index (χ0v) is 15.0. The molecule has 23 heavy (non-hydrogen) atoms. The average Bonchev–Trinajstić information content (AvgIpc) is 2.52. The van der Waals surface area contributed by atoms with Gasteiger partial charge < -0.3 is 5.32 Å². The Hall–Kier alpha value is -1.62. The average molecular weight is 334 g/mol. The van der Waals surface area contributed by atoms with Crippen molar-refractivity contribution in [2.45, 2.75) is 52.5 Å². The fourth-order valence-corrected chi connectivity index (χ4v) is 3.34. The van der Waals surface area contributed by atoms with E-state index in [1.165, 1.54) is 12.8 Å². The van der Waals surface area contributed by atoms with Crippen molar-refractivity contribution in [2.24, 2.45) is 11.8 Å². The lowest BCUT2D eigenvalue weighted by atomic mass is 9.78. The predicted molar refractivity (Wildman–Crippen MR) is 97.9 cm³/mol. The van der Waals surface area contributed by atoms with Crippen molar-refractivity contribution < 1.29 is 4.79 Å². The maximum Gasteiger partial charge on any atom is 0.242 e. The number of hydrazine groups is 1. The molecule has 0 unspecified atom stereocenters. The Morgan fingerprint density at radius 1 is 1.22 bits per heavy atom. The van der Waals surface area contributed by atoms with E-state index in [-0.39, 0.29) is 5.91 Å². The fraction of sp³-hybridized carbons (Fsp3) is 0.556. The molecule has 1 amide bonds. The van der Waals surface area contributed by atoms with Crippen LogP contribution in [0.1, 0.15) is 44.2 Å². The number of carbonyl (C=O) groups excluding carboxylic acids is 1. The van der Waals surface area contributed by atoms with Gasteiger partial charge in [-0.3, -0.25) is 15.6 Å². The second-order valence-corrected chi connectivity index (χ2v) is 7.03. The molecule has 2 rings (SSSR count). The van der Waals surface area contributed by atoms with Crippen LogP contribution in [0.25, 0.3) is 0 Å². The van der Waals surface area contributed by atoms with Crippen LogP contribution in [0.3, 0.4) is 0 Å². The molecule has 1 aliphatic carbocycles. The van der Waals surface area contributed by atoms with Gasteiger partial charge in [0.2, 0.25) is 5.91 Å². The number of thiocarbonyl (C=S) groups is 1. The van der Waals surface area contributed by atoms with Crippen LogP contribution in [0.5, 0.6) is 0 Å². The minimum atomic E-state index is -0.0893. The molecule has 0 heterocycles. The summed E-state index contributed by atoms with van der Waals surface area (Å²) in [5.74, 6) is 1.21. The molecule has 0 saturated heterocycles. The molecule has 4 nitrogen and oxygen atoms in total. The number of carbonyl (C=O) groups is 1. The summed E-state index contributed by atoms with van der Waals surface area (Å²) in [6.45, 7) is 6.56. The smallest absolute Gasteiger partial charge is 0.242 e. The molecule has 0 radical (unpaired) electrons. The molecule has 0 bridgehead atoms. The lowest BCUT2D eigenvalue weighted by molar-refractivity contribution is -0.121. The Labute approximate surface area is 144 Å². The van der Waals surface area contributed by atoms with Crippen LogP contribution in [0.4, 0.5) is 0 Å². The highest BCUT2D eigenvalue weighted by atomic mass is 32.1. The van der Waals surface area contributed by atoms with Gasteiger partial charge in [0, 0.05) is 6.04 Å². The summed E-state index contributed by atoms with van der Waals surface area (Å²) in [5.41, 5.74) is 7.65. The molecule has 0 aromatic heterocycles. The first kappa shape index (κ1) is 17.7. The van der Waals surface area contributed by atoms with Crippen LogP contribution in [-0.2, 0) is 11.2 Å². The molecule has 3 atom stereocenters. The first-order valence-corrected chi connectivity index (χ1v) is 8.78.